The molecule has 2 heterocycles. The summed E-state index contributed by atoms with van der Waals surface area (Å²) in [6.45, 7) is 4.78. The number of para-hydroxylation sites is 1. The number of hydroxylamine groups is 1. The van der Waals surface area contributed by atoms with Crippen LogP contribution in [0.25, 0.3) is 10.9 Å². The molecule has 0 saturated carbocycles. The number of H-pyrrole nitrogens is 1. The number of aromatic nitrogens is 1. The summed E-state index contributed by atoms with van der Waals surface area (Å²) in [4.78, 5) is 5.64. The third kappa shape index (κ3) is 4.45. The first-order valence-electron chi connectivity index (χ1n) is 11.3. The maximum Gasteiger partial charge on any atom is 0.128 e. The molecule has 5 rings (SSSR count). The second-order valence-electron chi connectivity index (χ2n) is 8.79. The van der Waals surface area contributed by atoms with Crippen molar-refractivity contribution >= 4 is 38.2 Å². The van der Waals surface area contributed by atoms with Gasteiger partial charge in [-0.25, -0.2) is 5.06 Å². The van der Waals surface area contributed by atoms with Gasteiger partial charge in [-0.15, -0.1) is 0 Å². The minimum Gasteiger partial charge on any atom is -0.491 e. The van der Waals surface area contributed by atoms with Crippen molar-refractivity contribution in [3.63, 3.8) is 0 Å². The Balaban J connectivity index is 1.47. The van der Waals surface area contributed by atoms with Crippen molar-refractivity contribution in [3.05, 3.63) is 88.5 Å². The number of benzene rings is 3. The van der Waals surface area contributed by atoms with Gasteiger partial charge in [0.15, 0.2) is 0 Å². The van der Waals surface area contributed by atoms with Crippen molar-refractivity contribution in [1.29, 1.82) is 0 Å². The predicted molar refractivity (Wildman–Crippen MR) is 137 cm³/mol. The molecule has 0 radical (unpaired) electrons. The van der Waals surface area contributed by atoms with Gasteiger partial charge in [0.1, 0.15) is 11.9 Å². The quantitative estimate of drug-likeness (QED) is 0.299. The lowest BCUT2D eigenvalue weighted by Gasteiger charge is -2.44. The molecule has 170 valence electrons. The standard InChI is InChI=1S/C27H28BrN3O2/c1-18(2)33-23-8-5-7-22(15-23)30-17-20-6-3-4-9-26(20)31(32)27(30)13-10-19-16-29-25-12-11-21(28)14-24(19)25/h3-9,11-12,14-16,18,27,29,32H,10,13,17H2,1-2H3/t27-/m0/s1. The first-order chi connectivity index (χ1) is 16.0. The van der Waals surface area contributed by atoms with Gasteiger partial charge in [-0.2, -0.15) is 0 Å². The molecule has 0 amide bonds. The largest absolute Gasteiger partial charge is 0.491 e. The van der Waals surface area contributed by atoms with E-state index in [2.05, 4.69) is 62.3 Å². The number of nitrogens with zero attached hydrogens (tertiary/aromatic N) is 2. The van der Waals surface area contributed by atoms with E-state index >= 15 is 0 Å². The summed E-state index contributed by atoms with van der Waals surface area (Å²) in [6.07, 6.45) is 3.58. The van der Waals surface area contributed by atoms with Crippen LogP contribution in [0, 0.1) is 0 Å². The molecule has 0 saturated heterocycles. The third-order valence-electron chi connectivity index (χ3n) is 6.14. The summed E-state index contributed by atoms with van der Waals surface area (Å²) in [5.74, 6) is 0.839. The fraction of sp³-hybridized carbons (Fsp3) is 0.259. The van der Waals surface area contributed by atoms with Crippen LogP contribution in [0.5, 0.6) is 5.75 Å². The molecule has 1 aromatic heterocycles. The number of hydrogen-bond donors (Lipinski definition) is 2. The van der Waals surface area contributed by atoms with E-state index in [1.54, 1.807) is 0 Å². The first-order valence-corrected chi connectivity index (χ1v) is 12.1. The SMILES string of the molecule is CC(C)Oc1cccc(N2Cc3ccccc3N(O)[C@H]2CCc2c[nH]c3ccc(Br)cc23)c1. The van der Waals surface area contributed by atoms with E-state index < -0.39 is 0 Å². The molecule has 0 bridgehead atoms. The van der Waals surface area contributed by atoms with Crippen molar-refractivity contribution in [1.82, 2.24) is 4.98 Å². The molecule has 0 spiro atoms. The molecule has 1 atom stereocenters. The normalized spacial score (nSPS) is 15.8. The minimum absolute atomic E-state index is 0.105. The number of hydrogen-bond acceptors (Lipinski definition) is 4. The molecular formula is C27H28BrN3O2. The highest BCUT2D eigenvalue weighted by molar-refractivity contribution is 9.10. The summed E-state index contributed by atoms with van der Waals surface area (Å²) in [6, 6.07) is 22.5. The summed E-state index contributed by atoms with van der Waals surface area (Å²) in [5, 5.41) is 13.9. The Morgan fingerprint density at radius 2 is 1.94 bits per heavy atom. The van der Waals surface area contributed by atoms with Gasteiger partial charge < -0.3 is 14.6 Å². The molecule has 5 nitrogen and oxygen atoms in total. The van der Waals surface area contributed by atoms with E-state index in [1.165, 1.54) is 16.0 Å². The van der Waals surface area contributed by atoms with E-state index in [4.69, 9.17) is 4.74 Å². The maximum absolute atomic E-state index is 11.3. The zero-order chi connectivity index (χ0) is 22.9. The molecule has 1 aliphatic rings. The van der Waals surface area contributed by atoms with Gasteiger partial charge in [0.05, 0.1) is 11.8 Å². The van der Waals surface area contributed by atoms with Gasteiger partial charge in [-0.1, -0.05) is 40.2 Å². The molecule has 33 heavy (non-hydrogen) atoms. The van der Waals surface area contributed by atoms with Gasteiger partial charge in [0, 0.05) is 39.9 Å². The van der Waals surface area contributed by atoms with E-state index in [0.29, 0.717) is 0 Å². The highest BCUT2D eigenvalue weighted by Crippen LogP contribution is 2.36. The van der Waals surface area contributed by atoms with Crippen LogP contribution in [-0.2, 0) is 13.0 Å². The Bertz CT molecular complexity index is 1270. The number of fused-ring (bicyclic) bond motifs is 2. The first kappa shape index (κ1) is 21.9. The van der Waals surface area contributed by atoms with Crippen molar-refractivity contribution < 1.29 is 9.94 Å². The Morgan fingerprint density at radius 1 is 1.09 bits per heavy atom. The third-order valence-corrected chi connectivity index (χ3v) is 6.64. The molecule has 0 fully saturated rings. The summed E-state index contributed by atoms with van der Waals surface area (Å²) >= 11 is 3.59. The van der Waals surface area contributed by atoms with Crippen LogP contribution in [0.2, 0.25) is 0 Å². The fourth-order valence-corrected chi connectivity index (χ4v) is 5.00. The second-order valence-corrected chi connectivity index (χ2v) is 9.70. The van der Waals surface area contributed by atoms with Gasteiger partial charge in [-0.3, -0.25) is 5.21 Å². The lowest BCUT2D eigenvalue weighted by atomic mass is 10.0. The van der Waals surface area contributed by atoms with Crippen LogP contribution in [0.15, 0.2) is 77.4 Å². The van der Waals surface area contributed by atoms with Crippen molar-refractivity contribution in [2.24, 2.45) is 0 Å². The molecule has 6 heteroatoms. The van der Waals surface area contributed by atoms with Crippen LogP contribution in [-0.4, -0.2) is 22.5 Å². The van der Waals surface area contributed by atoms with Gasteiger partial charge in [0.25, 0.3) is 0 Å². The summed E-state index contributed by atoms with van der Waals surface area (Å²) in [5.41, 5.74) is 5.37. The fourth-order valence-electron chi connectivity index (χ4n) is 4.64. The zero-order valence-electron chi connectivity index (χ0n) is 18.8. The zero-order valence-corrected chi connectivity index (χ0v) is 20.4. The Labute approximate surface area is 202 Å². The van der Waals surface area contributed by atoms with Gasteiger partial charge in [0.2, 0.25) is 0 Å². The molecule has 0 unspecified atom stereocenters. The maximum atomic E-state index is 11.3. The Kier molecular flexibility index (Phi) is 6.04. The number of rotatable bonds is 6. The number of aryl methyl sites for hydroxylation is 1. The van der Waals surface area contributed by atoms with E-state index in [1.807, 2.05) is 50.2 Å². The van der Waals surface area contributed by atoms with Crippen LogP contribution in [0.3, 0.4) is 0 Å². The van der Waals surface area contributed by atoms with E-state index in [0.717, 1.165) is 52.1 Å². The number of nitrogens with one attached hydrogen (secondary N) is 1. The van der Waals surface area contributed by atoms with Crippen molar-refractivity contribution in [2.75, 3.05) is 9.96 Å². The molecule has 4 aromatic rings. The summed E-state index contributed by atoms with van der Waals surface area (Å²) in [7, 11) is 0. The van der Waals surface area contributed by atoms with Crippen molar-refractivity contribution in [2.45, 2.75) is 45.5 Å². The van der Waals surface area contributed by atoms with Crippen LogP contribution in [0.4, 0.5) is 11.4 Å². The number of halogens is 1. The molecular weight excluding hydrogens is 478 g/mol. The highest BCUT2D eigenvalue weighted by atomic mass is 79.9. The Morgan fingerprint density at radius 3 is 2.79 bits per heavy atom. The average molecular weight is 506 g/mol. The lowest BCUT2D eigenvalue weighted by Crippen LogP contribution is -2.51. The topological polar surface area (TPSA) is 51.7 Å². The average Bonchev–Trinajstić information content (AvgIpc) is 3.20. The highest BCUT2D eigenvalue weighted by Gasteiger charge is 2.32. The van der Waals surface area contributed by atoms with Crippen LogP contribution < -0.4 is 14.7 Å². The van der Waals surface area contributed by atoms with E-state index in [-0.39, 0.29) is 12.3 Å². The number of anilines is 2. The van der Waals surface area contributed by atoms with E-state index in [9.17, 15) is 5.21 Å². The second kappa shape index (κ2) is 9.12. The predicted octanol–water partition coefficient (Wildman–Crippen LogP) is 6.89. The minimum atomic E-state index is -0.202. The Hall–Kier alpha value is -2.96. The smallest absolute Gasteiger partial charge is 0.128 e. The molecule has 3 aromatic carbocycles. The molecule has 1 aliphatic heterocycles. The van der Waals surface area contributed by atoms with Crippen LogP contribution in [0.1, 0.15) is 31.4 Å². The van der Waals surface area contributed by atoms with Gasteiger partial charge >= 0.3 is 0 Å². The van der Waals surface area contributed by atoms with Crippen molar-refractivity contribution in [3.8, 4) is 5.75 Å². The summed E-state index contributed by atoms with van der Waals surface area (Å²) < 4.78 is 7.01. The molecule has 0 aliphatic carbocycles. The molecule has 2 N–H and O–H groups in total. The monoisotopic (exact) mass is 505 g/mol. The van der Waals surface area contributed by atoms with Crippen LogP contribution >= 0.6 is 15.9 Å². The lowest BCUT2D eigenvalue weighted by molar-refractivity contribution is 0.197. The number of aromatic amines is 1. The van der Waals surface area contributed by atoms with Gasteiger partial charge in [-0.05, 0) is 74.2 Å². The number of ether oxygens (including phenoxy) is 1.